The van der Waals surface area contributed by atoms with E-state index in [1.807, 2.05) is 42.0 Å². The fourth-order valence-electron chi connectivity index (χ4n) is 2.15. The molecule has 0 spiro atoms. The van der Waals surface area contributed by atoms with Crippen molar-refractivity contribution in [1.29, 1.82) is 0 Å². The Balaban J connectivity index is 2.22. The van der Waals surface area contributed by atoms with Crippen LogP contribution in [0.25, 0.3) is 17.1 Å². The molecule has 1 heterocycles. The minimum Gasteiger partial charge on any atom is -0.270 e. The molecular weight excluding hydrogens is 285 g/mol. The second kappa shape index (κ2) is 5.69. The quantitative estimate of drug-likeness (QED) is 0.682. The van der Waals surface area contributed by atoms with E-state index in [-0.39, 0.29) is 5.82 Å². The molecule has 3 rings (SSSR count). The van der Waals surface area contributed by atoms with Crippen molar-refractivity contribution < 1.29 is 4.39 Å². The smallest absolute Gasteiger partial charge is 0.195 e. The molecule has 2 aromatic carbocycles. The van der Waals surface area contributed by atoms with Gasteiger partial charge in [0.25, 0.3) is 0 Å². The largest absolute Gasteiger partial charge is 0.270 e. The molecule has 21 heavy (non-hydrogen) atoms. The SMILES string of the molecule is CSc1nnc(-c2ccccc2F)n1-c1ccc(C)cc1. The van der Waals surface area contributed by atoms with Crippen molar-refractivity contribution in [2.24, 2.45) is 0 Å². The molecule has 0 amide bonds. The second-order valence-corrected chi connectivity index (χ2v) is 5.43. The van der Waals surface area contributed by atoms with E-state index in [9.17, 15) is 4.39 Å². The Bertz CT molecular complexity index is 765. The molecule has 3 aromatic rings. The molecule has 0 aliphatic carbocycles. The normalized spacial score (nSPS) is 10.8. The van der Waals surface area contributed by atoms with Gasteiger partial charge < -0.3 is 0 Å². The lowest BCUT2D eigenvalue weighted by atomic mass is 10.2. The van der Waals surface area contributed by atoms with E-state index >= 15 is 0 Å². The van der Waals surface area contributed by atoms with E-state index in [1.165, 1.54) is 23.4 Å². The monoisotopic (exact) mass is 299 g/mol. The summed E-state index contributed by atoms with van der Waals surface area (Å²) in [5.74, 6) is 0.215. The third kappa shape index (κ3) is 2.56. The Kier molecular flexibility index (Phi) is 3.75. The highest BCUT2D eigenvalue weighted by Gasteiger charge is 2.17. The minimum atomic E-state index is -0.300. The predicted octanol–water partition coefficient (Wildman–Crippen LogP) is 4.10. The van der Waals surface area contributed by atoms with Gasteiger partial charge in [0.2, 0.25) is 0 Å². The number of aromatic nitrogens is 3. The lowest BCUT2D eigenvalue weighted by Gasteiger charge is -2.10. The molecule has 3 nitrogen and oxygen atoms in total. The van der Waals surface area contributed by atoms with Gasteiger partial charge in [-0.1, -0.05) is 41.6 Å². The first-order valence-electron chi connectivity index (χ1n) is 6.52. The number of benzene rings is 2. The van der Waals surface area contributed by atoms with E-state index in [4.69, 9.17) is 0 Å². The van der Waals surface area contributed by atoms with Crippen LogP contribution < -0.4 is 0 Å². The summed E-state index contributed by atoms with van der Waals surface area (Å²) in [6, 6.07) is 14.6. The summed E-state index contributed by atoms with van der Waals surface area (Å²) in [6.45, 7) is 2.03. The topological polar surface area (TPSA) is 30.7 Å². The van der Waals surface area contributed by atoms with E-state index in [0.717, 1.165) is 10.8 Å². The van der Waals surface area contributed by atoms with Crippen LogP contribution in [0.5, 0.6) is 0 Å². The molecule has 0 atom stereocenters. The van der Waals surface area contributed by atoms with Gasteiger partial charge >= 0.3 is 0 Å². The van der Waals surface area contributed by atoms with Gasteiger partial charge in [-0.05, 0) is 37.4 Å². The first kappa shape index (κ1) is 13.8. The number of aryl methyl sites for hydroxylation is 1. The Morgan fingerprint density at radius 3 is 2.38 bits per heavy atom. The van der Waals surface area contributed by atoms with Gasteiger partial charge in [-0.25, -0.2) is 4.39 Å². The summed E-state index contributed by atoms with van der Waals surface area (Å²) in [4.78, 5) is 0. The van der Waals surface area contributed by atoms with Crippen LogP contribution in [-0.4, -0.2) is 21.0 Å². The highest BCUT2D eigenvalue weighted by atomic mass is 32.2. The fourth-order valence-corrected chi connectivity index (χ4v) is 2.64. The molecule has 0 N–H and O–H groups in total. The summed E-state index contributed by atoms with van der Waals surface area (Å²) in [5, 5.41) is 9.06. The van der Waals surface area contributed by atoms with Crippen molar-refractivity contribution >= 4 is 11.8 Å². The van der Waals surface area contributed by atoms with E-state index < -0.39 is 0 Å². The number of halogens is 1. The van der Waals surface area contributed by atoms with Crippen molar-refractivity contribution in [2.45, 2.75) is 12.1 Å². The molecule has 0 radical (unpaired) electrons. The summed E-state index contributed by atoms with van der Waals surface area (Å²) in [7, 11) is 0. The molecule has 0 unspecified atom stereocenters. The van der Waals surface area contributed by atoms with Crippen LogP contribution in [0.3, 0.4) is 0 Å². The molecule has 0 bridgehead atoms. The molecule has 0 fully saturated rings. The number of rotatable bonds is 3. The zero-order valence-corrected chi connectivity index (χ0v) is 12.6. The lowest BCUT2D eigenvalue weighted by molar-refractivity contribution is 0.629. The molecule has 5 heteroatoms. The highest BCUT2D eigenvalue weighted by molar-refractivity contribution is 7.98. The van der Waals surface area contributed by atoms with Crippen molar-refractivity contribution in [1.82, 2.24) is 14.8 Å². The van der Waals surface area contributed by atoms with Crippen LogP contribution in [0, 0.1) is 12.7 Å². The third-order valence-corrected chi connectivity index (χ3v) is 3.85. The number of hydrogen-bond acceptors (Lipinski definition) is 3. The summed E-state index contributed by atoms with van der Waals surface area (Å²) >= 11 is 1.48. The summed E-state index contributed by atoms with van der Waals surface area (Å²) < 4.78 is 15.9. The Labute approximate surface area is 126 Å². The first-order chi connectivity index (χ1) is 10.2. The summed E-state index contributed by atoms with van der Waals surface area (Å²) in [5.41, 5.74) is 2.55. The number of hydrogen-bond donors (Lipinski definition) is 0. The van der Waals surface area contributed by atoms with Crippen molar-refractivity contribution in [3.8, 4) is 17.1 Å². The van der Waals surface area contributed by atoms with Gasteiger partial charge in [0.1, 0.15) is 5.82 Å². The van der Waals surface area contributed by atoms with E-state index in [1.54, 1.807) is 18.2 Å². The maximum absolute atomic E-state index is 14.1. The van der Waals surface area contributed by atoms with Gasteiger partial charge in [0.15, 0.2) is 11.0 Å². The molecule has 106 valence electrons. The molecular formula is C16H14FN3S. The van der Waals surface area contributed by atoms with Crippen LogP contribution in [0.15, 0.2) is 53.7 Å². The maximum Gasteiger partial charge on any atom is 0.195 e. The van der Waals surface area contributed by atoms with Crippen molar-refractivity contribution in [3.05, 3.63) is 59.9 Å². The Hall–Kier alpha value is -2.14. The minimum absolute atomic E-state index is 0.300. The standard InChI is InChI=1S/C16H14FN3S/c1-11-7-9-12(10-8-11)20-15(18-19-16(20)21-2)13-5-3-4-6-14(13)17/h3-10H,1-2H3. The molecule has 0 saturated heterocycles. The van der Waals surface area contributed by atoms with Gasteiger partial charge in [0.05, 0.1) is 5.56 Å². The van der Waals surface area contributed by atoms with Crippen molar-refractivity contribution in [2.75, 3.05) is 6.26 Å². The second-order valence-electron chi connectivity index (χ2n) is 4.66. The van der Waals surface area contributed by atoms with Crippen LogP contribution in [0.2, 0.25) is 0 Å². The van der Waals surface area contributed by atoms with Gasteiger partial charge in [-0.15, -0.1) is 10.2 Å². The van der Waals surface area contributed by atoms with Gasteiger partial charge in [-0.3, -0.25) is 4.57 Å². The predicted molar refractivity (Wildman–Crippen MR) is 83.3 cm³/mol. The van der Waals surface area contributed by atoms with Crippen LogP contribution in [0.4, 0.5) is 4.39 Å². The average Bonchev–Trinajstić information content (AvgIpc) is 2.92. The molecule has 1 aromatic heterocycles. The van der Waals surface area contributed by atoms with Gasteiger partial charge in [0, 0.05) is 5.69 Å². The Morgan fingerprint density at radius 2 is 1.71 bits per heavy atom. The zero-order valence-electron chi connectivity index (χ0n) is 11.7. The third-order valence-electron chi connectivity index (χ3n) is 3.22. The van der Waals surface area contributed by atoms with Gasteiger partial charge in [-0.2, -0.15) is 0 Å². The van der Waals surface area contributed by atoms with Crippen LogP contribution >= 0.6 is 11.8 Å². The lowest BCUT2D eigenvalue weighted by Crippen LogP contribution is -2.00. The number of thioether (sulfide) groups is 1. The molecule has 0 saturated carbocycles. The fraction of sp³-hybridized carbons (Fsp3) is 0.125. The Morgan fingerprint density at radius 1 is 1.00 bits per heavy atom. The zero-order chi connectivity index (χ0) is 14.8. The van der Waals surface area contributed by atoms with E-state index in [2.05, 4.69) is 10.2 Å². The average molecular weight is 299 g/mol. The van der Waals surface area contributed by atoms with Crippen LogP contribution in [0.1, 0.15) is 5.56 Å². The number of nitrogens with zero attached hydrogens (tertiary/aromatic N) is 3. The molecule has 0 aliphatic heterocycles. The van der Waals surface area contributed by atoms with Crippen LogP contribution in [-0.2, 0) is 0 Å². The highest BCUT2D eigenvalue weighted by Crippen LogP contribution is 2.28. The van der Waals surface area contributed by atoms with E-state index in [0.29, 0.717) is 11.4 Å². The summed E-state index contributed by atoms with van der Waals surface area (Å²) in [6.07, 6.45) is 1.93. The first-order valence-corrected chi connectivity index (χ1v) is 7.74. The van der Waals surface area contributed by atoms with Crippen molar-refractivity contribution in [3.63, 3.8) is 0 Å². The maximum atomic E-state index is 14.1. The molecule has 0 aliphatic rings.